The summed E-state index contributed by atoms with van der Waals surface area (Å²) in [5.41, 5.74) is 1.66. The monoisotopic (exact) mass is 269 g/mol. The molecule has 0 aliphatic heterocycles. The minimum atomic E-state index is -0.910. The van der Waals surface area contributed by atoms with E-state index in [1.54, 1.807) is 19.4 Å². The quantitative estimate of drug-likeness (QED) is 0.862. The van der Waals surface area contributed by atoms with Crippen molar-refractivity contribution in [3.05, 3.63) is 28.8 Å². The van der Waals surface area contributed by atoms with Gasteiger partial charge in [0.25, 0.3) is 0 Å². The van der Waals surface area contributed by atoms with E-state index in [0.717, 1.165) is 15.8 Å². The maximum Gasteiger partial charge on any atom is 0.347 e. The first-order chi connectivity index (χ1) is 8.08. The van der Waals surface area contributed by atoms with Crippen LogP contribution in [0.3, 0.4) is 0 Å². The Morgan fingerprint density at radius 3 is 2.94 bits per heavy atom. The molecule has 7 heteroatoms. The van der Waals surface area contributed by atoms with Crippen LogP contribution in [0.5, 0.6) is 0 Å². The number of nitrogens with zero attached hydrogens (tertiary/aromatic N) is 3. The first-order valence-corrected chi connectivity index (χ1v) is 6.67. The van der Waals surface area contributed by atoms with E-state index in [1.165, 1.54) is 23.1 Å². The van der Waals surface area contributed by atoms with Crippen LogP contribution in [0.25, 0.3) is 0 Å². The second-order valence-corrected chi connectivity index (χ2v) is 5.71. The van der Waals surface area contributed by atoms with Gasteiger partial charge in [0.15, 0.2) is 4.34 Å². The summed E-state index contributed by atoms with van der Waals surface area (Å²) in [5.74, 6) is -0.171. The fraction of sp³-hybridized carbons (Fsp3) is 0.300. The SMILES string of the molecule is Cc1nc(SCc2cncn2C)sc1C(=O)O. The Labute approximate surface area is 107 Å². The molecular weight excluding hydrogens is 258 g/mol. The second kappa shape index (κ2) is 4.89. The average molecular weight is 269 g/mol. The van der Waals surface area contributed by atoms with Crippen molar-refractivity contribution in [1.29, 1.82) is 0 Å². The molecule has 0 saturated heterocycles. The van der Waals surface area contributed by atoms with Crippen LogP contribution < -0.4 is 0 Å². The van der Waals surface area contributed by atoms with Crippen LogP contribution in [0.1, 0.15) is 21.1 Å². The molecule has 2 aromatic heterocycles. The molecule has 5 nitrogen and oxygen atoms in total. The number of rotatable bonds is 4. The molecule has 2 rings (SSSR count). The second-order valence-electron chi connectivity index (χ2n) is 3.48. The Morgan fingerprint density at radius 1 is 1.65 bits per heavy atom. The van der Waals surface area contributed by atoms with E-state index < -0.39 is 5.97 Å². The molecule has 0 unspecified atom stereocenters. The zero-order chi connectivity index (χ0) is 12.4. The molecule has 90 valence electrons. The smallest absolute Gasteiger partial charge is 0.347 e. The zero-order valence-electron chi connectivity index (χ0n) is 9.38. The van der Waals surface area contributed by atoms with Gasteiger partial charge in [-0.3, -0.25) is 0 Å². The highest BCUT2D eigenvalue weighted by molar-refractivity contribution is 8.00. The van der Waals surface area contributed by atoms with Gasteiger partial charge in [0, 0.05) is 24.7 Å². The Balaban J connectivity index is 2.07. The maximum atomic E-state index is 10.9. The Bertz CT molecular complexity index is 547. The topological polar surface area (TPSA) is 68.0 Å². The van der Waals surface area contributed by atoms with Gasteiger partial charge in [-0.1, -0.05) is 11.8 Å². The molecule has 0 radical (unpaired) electrons. The summed E-state index contributed by atoms with van der Waals surface area (Å²) in [6, 6.07) is 0. The molecule has 0 aromatic carbocycles. The van der Waals surface area contributed by atoms with Crippen molar-refractivity contribution in [2.24, 2.45) is 7.05 Å². The highest BCUT2D eigenvalue weighted by Gasteiger charge is 2.14. The van der Waals surface area contributed by atoms with E-state index in [0.29, 0.717) is 10.6 Å². The lowest BCUT2D eigenvalue weighted by Gasteiger charge is -1.98. The van der Waals surface area contributed by atoms with Crippen molar-refractivity contribution in [2.45, 2.75) is 17.0 Å². The fourth-order valence-electron chi connectivity index (χ4n) is 1.29. The van der Waals surface area contributed by atoms with Crippen molar-refractivity contribution in [2.75, 3.05) is 0 Å². The summed E-state index contributed by atoms with van der Waals surface area (Å²) >= 11 is 2.75. The van der Waals surface area contributed by atoms with Gasteiger partial charge < -0.3 is 9.67 Å². The lowest BCUT2D eigenvalue weighted by Crippen LogP contribution is -1.94. The van der Waals surface area contributed by atoms with E-state index in [1.807, 2.05) is 11.6 Å². The third kappa shape index (κ3) is 2.67. The number of carboxylic acids is 1. The van der Waals surface area contributed by atoms with Crippen molar-refractivity contribution in [3.63, 3.8) is 0 Å². The van der Waals surface area contributed by atoms with Crippen molar-refractivity contribution < 1.29 is 9.90 Å². The standard InChI is InChI=1S/C10H11N3O2S2/c1-6-8(9(14)15)17-10(12-6)16-4-7-3-11-5-13(7)2/h3,5H,4H2,1-2H3,(H,14,15). The summed E-state index contributed by atoms with van der Waals surface area (Å²) in [6.45, 7) is 1.72. The predicted octanol–water partition coefficient (Wildman–Crippen LogP) is 2.18. The summed E-state index contributed by atoms with van der Waals surface area (Å²) in [5, 5.41) is 8.92. The number of thiazole rings is 1. The van der Waals surface area contributed by atoms with Gasteiger partial charge in [-0.15, -0.1) is 11.3 Å². The molecule has 0 fully saturated rings. The van der Waals surface area contributed by atoms with Gasteiger partial charge in [-0.05, 0) is 6.92 Å². The maximum absolute atomic E-state index is 10.9. The van der Waals surface area contributed by atoms with Crippen molar-refractivity contribution >= 4 is 29.1 Å². The number of carbonyl (C=O) groups is 1. The minimum Gasteiger partial charge on any atom is -0.477 e. The number of hydrogen-bond donors (Lipinski definition) is 1. The van der Waals surface area contributed by atoms with Crippen LogP contribution in [0, 0.1) is 6.92 Å². The average Bonchev–Trinajstić information content (AvgIpc) is 2.82. The number of aromatic carboxylic acids is 1. The number of imidazole rings is 1. The van der Waals surface area contributed by atoms with Gasteiger partial charge in [-0.25, -0.2) is 14.8 Å². The number of hydrogen-bond acceptors (Lipinski definition) is 5. The first kappa shape index (κ1) is 12.1. The number of thioether (sulfide) groups is 1. The van der Waals surface area contributed by atoms with E-state index in [-0.39, 0.29) is 0 Å². The summed E-state index contributed by atoms with van der Waals surface area (Å²) in [6.07, 6.45) is 3.54. The molecule has 0 saturated carbocycles. The predicted molar refractivity (Wildman–Crippen MR) is 66.6 cm³/mol. The number of aryl methyl sites for hydroxylation is 2. The normalized spacial score (nSPS) is 10.7. The molecular formula is C10H11N3O2S2. The Morgan fingerprint density at radius 2 is 2.41 bits per heavy atom. The Kier molecular flexibility index (Phi) is 3.49. The van der Waals surface area contributed by atoms with Gasteiger partial charge in [0.05, 0.1) is 12.0 Å². The molecule has 0 aliphatic carbocycles. The summed E-state index contributed by atoms with van der Waals surface area (Å²) in [4.78, 5) is 19.4. The number of carboxylic acid groups (broad SMARTS) is 1. The Hall–Kier alpha value is -1.34. The van der Waals surface area contributed by atoms with E-state index in [2.05, 4.69) is 9.97 Å². The highest BCUT2D eigenvalue weighted by Crippen LogP contribution is 2.29. The molecule has 0 aliphatic rings. The molecule has 0 atom stereocenters. The van der Waals surface area contributed by atoms with Crippen LogP contribution in [-0.2, 0) is 12.8 Å². The third-order valence-corrected chi connectivity index (χ3v) is 4.55. The summed E-state index contributed by atoms with van der Waals surface area (Å²) < 4.78 is 2.71. The van der Waals surface area contributed by atoms with Gasteiger partial charge in [-0.2, -0.15) is 0 Å². The minimum absolute atomic E-state index is 0.317. The van der Waals surface area contributed by atoms with E-state index in [9.17, 15) is 4.79 Å². The fourth-order valence-corrected chi connectivity index (χ4v) is 3.34. The van der Waals surface area contributed by atoms with Crippen LogP contribution in [0.4, 0.5) is 0 Å². The van der Waals surface area contributed by atoms with Crippen LogP contribution in [0.2, 0.25) is 0 Å². The molecule has 2 heterocycles. The van der Waals surface area contributed by atoms with Gasteiger partial charge in [0.1, 0.15) is 4.88 Å². The third-order valence-electron chi connectivity index (χ3n) is 2.23. The zero-order valence-corrected chi connectivity index (χ0v) is 11.0. The van der Waals surface area contributed by atoms with Crippen LogP contribution in [-0.4, -0.2) is 25.6 Å². The van der Waals surface area contributed by atoms with E-state index in [4.69, 9.17) is 5.11 Å². The highest BCUT2D eigenvalue weighted by atomic mass is 32.2. The van der Waals surface area contributed by atoms with Crippen molar-refractivity contribution in [1.82, 2.24) is 14.5 Å². The molecule has 2 aromatic rings. The van der Waals surface area contributed by atoms with Crippen LogP contribution >= 0.6 is 23.1 Å². The molecule has 0 spiro atoms. The van der Waals surface area contributed by atoms with Gasteiger partial charge >= 0.3 is 5.97 Å². The lowest BCUT2D eigenvalue weighted by molar-refractivity contribution is 0.0701. The largest absolute Gasteiger partial charge is 0.477 e. The lowest BCUT2D eigenvalue weighted by atomic mass is 10.4. The van der Waals surface area contributed by atoms with Crippen LogP contribution in [0.15, 0.2) is 16.9 Å². The molecule has 17 heavy (non-hydrogen) atoms. The first-order valence-electron chi connectivity index (χ1n) is 4.86. The molecule has 0 bridgehead atoms. The van der Waals surface area contributed by atoms with Crippen molar-refractivity contribution in [3.8, 4) is 0 Å². The number of aromatic nitrogens is 3. The van der Waals surface area contributed by atoms with E-state index >= 15 is 0 Å². The van der Waals surface area contributed by atoms with Gasteiger partial charge in [0.2, 0.25) is 0 Å². The molecule has 1 N–H and O–H groups in total. The molecule has 0 amide bonds. The summed E-state index contributed by atoms with van der Waals surface area (Å²) in [7, 11) is 1.93.